The van der Waals surface area contributed by atoms with E-state index < -0.39 is 0 Å². The maximum atomic E-state index is 12.5. The summed E-state index contributed by atoms with van der Waals surface area (Å²) in [5.41, 5.74) is 2.22. The van der Waals surface area contributed by atoms with Crippen LogP contribution in [0.3, 0.4) is 0 Å². The van der Waals surface area contributed by atoms with Crippen molar-refractivity contribution < 1.29 is 18.7 Å². The molecule has 0 bridgehead atoms. The predicted molar refractivity (Wildman–Crippen MR) is 121 cm³/mol. The highest BCUT2D eigenvalue weighted by molar-refractivity contribution is 6.32. The first-order valence-corrected chi connectivity index (χ1v) is 10.0. The summed E-state index contributed by atoms with van der Waals surface area (Å²) in [7, 11) is 0. The Bertz CT molecular complexity index is 1220. The molecule has 4 rings (SSSR count). The van der Waals surface area contributed by atoms with Crippen LogP contribution in [0.25, 0.3) is 11.0 Å². The van der Waals surface area contributed by atoms with Gasteiger partial charge in [0, 0.05) is 22.3 Å². The first-order chi connectivity index (χ1) is 15.0. The summed E-state index contributed by atoms with van der Waals surface area (Å²) in [5.74, 6) is 0.109. The van der Waals surface area contributed by atoms with Gasteiger partial charge >= 0.3 is 0 Å². The highest BCUT2D eigenvalue weighted by Crippen LogP contribution is 2.26. The molecule has 0 radical (unpaired) electrons. The van der Waals surface area contributed by atoms with E-state index in [1.165, 1.54) is 0 Å². The fourth-order valence-electron chi connectivity index (χ4n) is 3.04. The zero-order valence-electron chi connectivity index (χ0n) is 16.6. The Hall–Kier alpha value is -3.77. The lowest BCUT2D eigenvalue weighted by atomic mass is 10.2. The molecule has 0 aliphatic carbocycles. The molecule has 0 fully saturated rings. The summed E-state index contributed by atoms with van der Waals surface area (Å²) in [6.45, 7) is 2.35. The van der Waals surface area contributed by atoms with E-state index in [0.29, 0.717) is 39.9 Å². The number of benzene rings is 3. The van der Waals surface area contributed by atoms with E-state index in [0.717, 1.165) is 5.39 Å². The Kier molecular flexibility index (Phi) is 5.91. The number of hydrogen-bond acceptors (Lipinski definition) is 4. The molecular weight excluding hydrogens is 416 g/mol. The number of amides is 2. The van der Waals surface area contributed by atoms with Crippen LogP contribution in [0.1, 0.15) is 27.8 Å². The van der Waals surface area contributed by atoms with Gasteiger partial charge in [-0.05, 0) is 61.5 Å². The van der Waals surface area contributed by atoms with Crippen LogP contribution in [0.4, 0.5) is 11.4 Å². The lowest BCUT2D eigenvalue weighted by Gasteiger charge is -2.09. The number of halogens is 1. The molecule has 0 spiro atoms. The minimum Gasteiger partial charge on any atom is -0.492 e. The van der Waals surface area contributed by atoms with Crippen LogP contribution in [0.5, 0.6) is 5.75 Å². The summed E-state index contributed by atoms with van der Waals surface area (Å²) in [4.78, 5) is 24.9. The highest BCUT2D eigenvalue weighted by atomic mass is 35.5. The second kappa shape index (κ2) is 8.93. The minimum atomic E-state index is -0.350. The zero-order chi connectivity index (χ0) is 21.8. The maximum Gasteiger partial charge on any atom is 0.291 e. The van der Waals surface area contributed by atoms with Gasteiger partial charge in [-0.25, -0.2) is 0 Å². The van der Waals surface area contributed by atoms with Gasteiger partial charge in [-0.1, -0.05) is 29.8 Å². The number of fused-ring (bicyclic) bond motifs is 1. The summed E-state index contributed by atoms with van der Waals surface area (Å²) >= 11 is 6.15. The number of ether oxygens (including phenoxy) is 1. The van der Waals surface area contributed by atoms with Gasteiger partial charge in [0.05, 0.1) is 11.6 Å². The van der Waals surface area contributed by atoms with Crippen molar-refractivity contribution in [2.24, 2.45) is 0 Å². The summed E-state index contributed by atoms with van der Waals surface area (Å²) in [5, 5.41) is 6.81. The van der Waals surface area contributed by atoms with Gasteiger partial charge in [0.1, 0.15) is 11.3 Å². The van der Waals surface area contributed by atoms with Crippen LogP contribution < -0.4 is 15.4 Å². The normalized spacial score (nSPS) is 10.6. The largest absolute Gasteiger partial charge is 0.492 e. The molecule has 6 nitrogen and oxygen atoms in total. The summed E-state index contributed by atoms with van der Waals surface area (Å²) in [6.07, 6.45) is 0. The maximum absolute atomic E-state index is 12.5. The average molecular weight is 435 g/mol. The quantitative estimate of drug-likeness (QED) is 0.390. The first-order valence-electron chi connectivity index (χ1n) is 9.67. The molecule has 7 heteroatoms. The van der Waals surface area contributed by atoms with E-state index in [1.54, 1.807) is 54.6 Å². The molecule has 1 aromatic heterocycles. The molecule has 4 aromatic rings. The molecular formula is C24H19ClN2O4. The Morgan fingerprint density at radius 1 is 0.903 bits per heavy atom. The number of furan rings is 1. The van der Waals surface area contributed by atoms with Gasteiger partial charge in [0.25, 0.3) is 11.8 Å². The van der Waals surface area contributed by atoms with Crippen LogP contribution in [0.2, 0.25) is 5.02 Å². The number of carbonyl (C=O) groups excluding carboxylic acids is 2. The van der Waals surface area contributed by atoms with Crippen LogP contribution in [-0.4, -0.2) is 18.4 Å². The van der Waals surface area contributed by atoms with Gasteiger partial charge in [-0.3, -0.25) is 9.59 Å². The van der Waals surface area contributed by atoms with E-state index in [4.69, 9.17) is 20.8 Å². The Labute approximate surface area is 183 Å². The number of rotatable bonds is 6. The molecule has 2 N–H and O–H groups in total. The van der Waals surface area contributed by atoms with Crippen molar-refractivity contribution in [3.8, 4) is 5.75 Å². The molecule has 31 heavy (non-hydrogen) atoms. The van der Waals surface area contributed by atoms with Crippen LogP contribution in [-0.2, 0) is 0 Å². The third-order valence-electron chi connectivity index (χ3n) is 4.54. The number of anilines is 2. The minimum absolute atomic E-state index is 0.228. The smallest absolute Gasteiger partial charge is 0.291 e. The second-order valence-corrected chi connectivity index (χ2v) is 7.12. The zero-order valence-corrected chi connectivity index (χ0v) is 17.4. The molecule has 0 unspecified atom stereocenters. The number of nitrogens with one attached hydrogen (secondary N) is 2. The van der Waals surface area contributed by atoms with Crippen LogP contribution >= 0.6 is 11.6 Å². The van der Waals surface area contributed by atoms with E-state index in [1.807, 2.05) is 25.1 Å². The van der Waals surface area contributed by atoms with Crippen molar-refractivity contribution in [2.45, 2.75) is 6.92 Å². The van der Waals surface area contributed by atoms with Crippen molar-refractivity contribution in [1.82, 2.24) is 0 Å². The van der Waals surface area contributed by atoms with Gasteiger partial charge < -0.3 is 19.8 Å². The molecule has 0 aliphatic rings. The predicted octanol–water partition coefficient (Wildman–Crippen LogP) is 5.99. The van der Waals surface area contributed by atoms with E-state index in [9.17, 15) is 9.59 Å². The Morgan fingerprint density at radius 2 is 1.58 bits per heavy atom. The lowest BCUT2D eigenvalue weighted by molar-refractivity contribution is 0.0996. The number of hydrogen-bond donors (Lipinski definition) is 2. The third kappa shape index (κ3) is 4.70. The molecule has 3 aromatic carbocycles. The van der Waals surface area contributed by atoms with Crippen molar-refractivity contribution in [3.63, 3.8) is 0 Å². The lowest BCUT2D eigenvalue weighted by Crippen LogP contribution is -2.13. The molecule has 0 saturated carbocycles. The van der Waals surface area contributed by atoms with Gasteiger partial charge in [0.15, 0.2) is 5.76 Å². The molecule has 0 atom stereocenters. The van der Waals surface area contributed by atoms with E-state index >= 15 is 0 Å². The van der Waals surface area contributed by atoms with Gasteiger partial charge in [0.2, 0.25) is 0 Å². The fraction of sp³-hybridized carbons (Fsp3) is 0.0833. The van der Waals surface area contributed by atoms with Crippen molar-refractivity contribution in [1.29, 1.82) is 0 Å². The van der Waals surface area contributed by atoms with Crippen LogP contribution in [0.15, 0.2) is 77.2 Å². The molecule has 2 amide bonds. The third-order valence-corrected chi connectivity index (χ3v) is 4.84. The highest BCUT2D eigenvalue weighted by Gasteiger charge is 2.13. The van der Waals surface area contributed by atoms with Gasteiger partial charge in [-0.2, -0.15) is 0 Å². The Morgan fingerprint density at radius 3 is 2.23 bits per heavy atom. The van der Waals surface area contributed by atoms with Gasteiger partial charge in [-0.15, -0.1) is 0 Å². The first kappa shape index (κ1) is 20.5. The molecule has 1 heterocycles. The standard InChI is InChI=1S/C24H19ClN2O4/c1-2-30-21-12-7-16(13-19(21)25)23(28)26-17-8-10-18(11-9-17)27-24(29)22-14-15-5-3-4-6-20(15)31-22/h3-14H,2H2,1H3,(H,26,28)(H,27,29). The average Bonchev–Trinajstić information content (AvgIpc) is 3.21. The topological polar surface area (TPSA) is 80.6 Å². The van der Waals surface area contributed by atoms with Crippen molar-refractivity contribution >= 4 is 45.8 Å². The van der Waals surface area contributed by atoms with E-state index in [-0.39, 0.29) is 17.6 Å². The van der Waals surface area contributed by atoms with Crippen molar-refractivity contribution in [3.05, 3.63) is 89.1 Å². The van der Waals surface area contributed by atoms with E-state index in [2.05, 4.69) is 10.6 Å². The van der Waals surface area contributed by atoms with Crippen LogP contribution in [0, 0.1) is 0 Å². The number of carbonyl (C=O) groups is 2. The second-order valence-electron chi connectivity index (χ2n) is 6.71. The Balaban J connectivity index is 1.40. The fourth-order valence-corrected chi connectivity index (χ4v) is 3.28. The number of para-hydroxylation sites is 1. The summed E-state index contributed by atoms with van der Waals surface area (Å²) in [6, 6.07) is 20.8. The molecule has 0 saturated heterocycles. The van der Waals surface area contributed by atoms with Crippen molar-refractivity contribution in [2.75, 3.05) is 17.2 Å². The SMILES string of the molecule is CCOc1ccc(C(=O)Nc2ccc(NC(=O)c3cc4ccccc4o3)cc2)cc1Cl. The molecule has 156 valence electrons. The monoisotopic (exact) mass is 434 g/mol. The molecule has 0 aliphatic heterocycles. The summed E-state index contributed by atoms with van der Waals surface area (Å²) < 4.78 is 11.0.